The maximum Gasteiger partial charge on any atom is 0.308 e. The molecule has 2 aliphatic rings. The van der Waals surface area contributed by atoms with Gasteiger partial charge >= 0.3 is 5.97 Å². The van der Waals surface area contributed by atoms with Crippen LogP contribution in [0.5, 0.6) is 0 Å². The number of fused-ring (bicyclic) bond motifs is 2. The number of ether oxygens (including phenoxy) is 1. The number of para-hydroxylation sites is 2. The van der Waals surface area contributed by atoms with Crippen LogP contribution in [-0.2, 0) is 14.3 Å². The molecule has 0 saturated carbocycles. The average Bonchev–Trinajstić information content (AvgIpc) is 2.91. The van der Waals surface area contributed by atoms with Gasteiger partial charge in [-0.25, -0.2) is 9.97 Å². The number of carbonyl (C=O) groups excluding carboxylic acids is 2. The molecule has 2 aliphatic heterocycles. The van der Waals surface area contributed by atoms with Crippen molar-refractivity contribution in [3.63, 3.8) is 0 Å². The van der Waals surface area contributed by atoms with Crippen LogP contribution < -0.4 is 9.80 Å². The molecule has 5 rings (SSSR count). The molecule has 1 aromatic heterocycles. The third-order valence-corrected chi connectivity index (χ3v) is 7.28. The van der Waals surface area contributed by atoms with Gasteiger partial charge in [0.05, 0.1) is 17.8 Å². The number of amides is 1. The molecule has 1 saturated heterocycles. The summed E-state index contributed by atoms with van der Waals surface area (Å²) in [5, 5.41) is 0. The Hall–Kier alpha value is -3.59. The molecule has 8 nitrogen and oxygen atoms in total. The summed E-state index contributed by atoms with van der Waals surface area (Å²) >= 11 is 1.73. The van der Waals surface area contributed by atoms with Crippen molar-refractivity contribution in [2.24, 2.45) is 0 Å². The van der Waals surface area contributed by atoms with E-state index in [0.29, 0.717) is 38.7 Å². The minimum atomic E-state index is -0.821. The van der Waals surface area contributed by atoms with E-state index in [1.807, 2.05) is 29.2 Å². The van der Waals surface area contributed by atoms with Crippen molar-refractivity contribution in [2.75, 3.05) is 42.5 Å². The highest BCUT2D eigenvalue weighted by atomic mass is 32.2. The van der Waals surface area contributed by atoms with Gasteiger partial charge in [-0.2, -0.15) is 0 Å². The topological polar surface area (TPSA) is 78.9 Å². The second-order valence-corrected chi connectivity index (χ2v) is 9.52. The van der Waals surface area contributed by atoms with E-state index in [2.05, 4.69) is 39.1 Å². The molecule has 1 atom stereocenters. The minimum Gasteiger partial charge on any atom is -0.452 e. The van der Waals surface area contributed by atoms with Crippen LogP contribution in [0.15, 0.2) is 76.8 Å². The molecule has 1 fully saturated rings. The Morgan fingerprint density at radius 2 is 1.51 bits per heavy atom. The highest BCUT2D eigenvalue weighted by molar-refractivity contribution is 7.99. The molecular formula is C26H27N5O3S. The number of piperazine rings is 1. The second-order valence-electron chi connectivity index (χ2n) is 8.43. The molecule has 3 heterocycles. The second kappa shape index (κ2) is 10.4. The standard InChI is InChI=1S/C26H27N5O3S/c1-19(25(33)29-15-17-30(18-16-29)26-27-12-6-13-28-26)34-24(32)11-14-31-20-7-2-4-9-22(20)35-23-10-5-3-8-21(23)31/h2-10,12-13,19H,11,14-18H2,1H3. The molecule has 180 valence electrons. The fraction of sp³-hybridized carbons (Fsp3) is 0.308. The number of esters is 1. The number of aromatic nitrogens is 2. The quantitative estimate of drug-likeness (QED) is 0.485. The van der Waals surface area contributed by atoms with Gasteiger partial charge in [0.2, 0.25) is 5.95 Å². The van der Waals surface area contributed by atoms with Crippen LogP contribution in [0, 0.1) is 0 Å². The van der Waals surface area contributed by atoms with E-state index in [9.17, 15) is 9.59 Å². The molecule has 1 amide bonds. The average molecular weight is 490 g/mol. The van der Waals surface area contributed by atoms with Crippen molar-refractivity contribution in [2.45, 2.75) is 29.2 Å². The van der Waals surface area contributed by atoms with E-state index in [-0.39, 0.29) is 18.3 Å². The summed E-state index contributed by atoms with van der Waals surface area (Å²) in [5.41, 5.74) is 2.15. The molecule has 9 heteroatoms. The lowest BCUT2D eigenvalue weighted by atomic mass is 10.2. The number of hydrogen-bond acceptors (Lipinski definition) is 8. The van der Waals surface area contributed by atoms with Crippen molar-refractivity contribution < 1.29 is 14.3 Å². The zero-order valence-electron chi connectivity index (χ0n) is 19.5. The zero-order valence-corrected chi connectivity index (χ0v) is 20.4. The molecule has 0 radical (unpaired) electrons. The smallest absolute Gasteiger partial charge is 0.308 e. The zero-order chi connectivity index (χ0) is 24.2. The van der Waals surface area contributed by atoms with E-state index in [4.69, 9.17) is 4.74 Å². The third-order valence-electron chi connectivity index (χ3n) is 6.15. The fourth-order valence-corrected chi connectivity index (χ4v) is 5.47. The first-order valence-corrected chi connectivity index (χ1v) is 12.6. The maximum absolute atomic E-state index is 12.9. The van der Waals surface area contributed by atoms with Gasteiger partial charge in [0.15, 0.2) is 6.10 Å². The number of carbonyl (C=O) groups is 2. The van der Waals surface area contributed by atoms with Gasteiger partial charge in [-0.05, 0) is 37.3 Å². The van der Waals surface area contributed by atoms with Crippen LogP contribution in [0.3, 0.4) is 0 Å². The number of benzene rings is 2. The first-order valence-electron chi connectivity index (χ1n) is 11.7. The maximum atomic E-state index is 12.9. The number of hydrogen-bond donors (Lipinski definition) is 0. The fourth-order valence-electron chi connectivity index (χ4n) is 4.37. The Bertz CT molecular complexity index is 1150. The first-order chi connectivity index (χ1) is 17.1. The van der Waals surface area contributed by atoms with Crippen molar-refractivity contribution in [1.82, 2.24) is 14.9 Å². The summed E-state index contributed by atoms with van der Waals surface area (Å²) in [6.07, 6.45) is 2.78. The van der Waals surface area contributed by atoms with E-state index in [1.54, 1.807) is 42.0 Å². The first kappa shape index (κ1) is 23.2. The van der Waals surface area contributed by atoms with Crippen LogP contribution in [0.25, 0.3) is 0 Å². The highest BCUT2D eigenvalue weighted by Crippen LogP contribution is 2.47. The molecule has 0 aliphatic carbocycles. The van der Waals surface area contributed by atoms with E-state index >= 15 is 0 Å². The van der Waals surface area contributed by atoms with Gasteiger partial charge in [-0.15, -0.1) is 0 Å². The van der Waals surface area contributed by atoms with Crippen LogP contribution in [0.2, 0.25) is 0 Å². The molecule has 35 heavy (non-hydrogen) atoms. The summed E-state index contributed by atoms with van der Waals surface area (Å²) < 4.78 is 5.54. The van der Waals surface area contributed by atoms with E-state index in [1.165, 1.54) is 0 Å². The molecule has 1 unspecified atom stereocenters. The summed E-state index contributed by atoms with van der Waals surface area (Å²) in [4.78, 5) is 42.4. The minimum absolute atomic E-state index is 0.169. The normalized spacial score (nSPS) is 15.7. The van der Waals surface area contributed by atoms with Gasteiger partial charge in [-0.3, -0.25) is 9.59 Å². The summed E-state index contributed by atoms with van der Waals surface area (Å²) in [5.74, 6) is 0.116. The van der Waals surface area contributed by atoms with Crippen LogP contribution in [-0.4, -0.2) is 65.6 Å². The Morgan fingerprint density at radius 1 is 0.914 bits per heavy atom. The molecule has 0 bridgehead atoms. The molecule has 0 N–H and O–H groups in total. The summed E-state index contributed by atoms with van der Waals surface area (Å²) in [6.45, 7) is 4.49. The number of anilines is 3. The van der Waals surface area contributed by atoms with Crippen molar-refractivity contribution in [3.8, 4) is 0 Å². The molecule has 3 aromatic rings. The van der Waals surface area contributed by atoms with Gasteiger partial charge < -0.3 is 19.4 Å². The van der Waals surface area contributed by atoms with E-state index in [0.717, 1.165) is 21.2 Å². The number of nitrogens with zero attached hydrogens (tertiary/aromatic N) is 5. The van der Waals surface area contributed by atoms with Crippen molar-refractivity contribution in [3.05, 3.63) is 67.0 Å². The Balaban J connectivity index is 1.15. The molecular weight excluding hydrogens is 462 g/mol. The largest absolute Gasteiger partial charge is 0.452 e. The Kier molecular flexibility index (Phi) is 6.85. The van der Waals surface area contributed by atoms with Crippen molar-refractivity contribution in [1.29, 1.82) is 0 Å². The predicted molar refractivity (Wildman–Crippen MR) is 135 cm³/mol. The highest BCUT2D eigenvalue weighted by Gasteiger charge is 2.29. The van der Waals surface area contributed by atoms with Crippen LogP contribution in [0.4, 0.5) is 17.3 Å². The van der Waals surface area contributed by atoms with Gasteiger partial charge in [-0.1, -0.05) is 36.0 Å². The van der Waals surface area contributed by atoms with Crippen LogP contribution >= 0.6 is 11.8 Å². The number of rotatable bonds is 6. The lowest BCUT2D eigenvalue weighted by molar-refractivity contribution is -0.159. The SMILES string of the molecule is CC(OC(=O)CCN1c2ccccc2Sc2ccccc21)C(=O)N1CCN(c2ncccn2)CC1. The van der Waals surface area contributed by atoms with Gasteiger partial charge in [0.25, 0.3) is 5.91 Å². The summed E-state index contributed by atoms with van der Waals surface area (Å²) in [7, 11) is 0. The summed E-state index contributed by atoms with van der Waals surface area (Å²) in [6, 6.07) is 18.1. The Morgan fingerprint density at radius 3 is 2.14 bits per heavy atom. The van der Waals surface area contributed by atoms with Gasteiger partial charge in [0, 0.05) is 54.9 Å². The van der Waals surface area contributed by atoms with Crippen molar-refractivity contribution >= 4 is 41.0 Å². The lowest BCUT2D eigenvalue weighted by Gasteiger charge is -2.35. The lowest BCUT2D eigenvalue weighted by Crippen LogP contribution is -2.52. The predicted octanol–water partition coefficient (Wildman–Crippen LogP) is 3.75. The van der Waals surface area contributed by atoms with Crippen LogP contribution in [0.1, 0.15) is 13.3 Å². The molecule has 0 spiro atoms. The Labute approximate surface area is 208 Å². The third kappa shape index (κ3) is 5.09. The van der Waals surface area contributed by atoms with E-state index < -0.39 is 6.10 Å². The monoisotopic (exact) mass is 489 g/mol. The molecule has 2 aromatic carbocycles. The van der Waals surface area contributed by atoms with Gasteiger partial charge in [0.1, 0.15) is 0 Å².